The third-order valence-electron chi connectivity index (χ3n) is 4.94. The smallest absolute Gasteiger partial charge is 0.267 e. The molecule has 0 saturated carbocycles. The third kappa shape index (κ3) is 4.22. The Morgan fingerprint density at radius 3 is 2.68 bits per heavy atom. The number of carbonyl (C=O) groups is 1. The average molecular weight is 394 g/mol. The number of nitrogens with one attached hydrogen (secondary N) is 1. The Kier molecular flexibility index (Phi) is 5.67. The molecule has 1 aliphatic carbocycles. The van der Waals surface area contributed by atoms with Crippen molar-refractivity contribution >= 4 is 22.4 Å². The van der Waals surface area contributed by atoms with Gasteiger partial charge in [0, 0.05) is 5.56 Å². The third-order valence-corrected chi connectivity index (χ3v) is 5.83. The van der Waals surface area contributed by atoms with Crippen LogP contribution in [0.3, 0.4) is 0 Å². The summed E-state index contributed by atoms with van der Waals surface area (Å²) in [6.45, 7) is 1.94. The molecule has 6 heteroatoms. The number of amides is 1. The van der Waals surface area contributed by atoms with E-state index in [4.69, 9.17) is 4.74 Å². The Hall–Kier alpha value is -2.73. The van der Waals surface area contributed by atoms with E-state index in [-0.39, 0.29) is 5.91 Å². The van der Waals surface area contributed by atoms with Crippen LogP contribution in [-0.4, -0.2) is 22.2 Å². The molecule has 1 aromatic heterocycles. The molecule has 0 fully saturated rings. The highest BCUT2D eigenvalue weighted by molar-refractivity contribution is 7.18. The van der Waals surface area contributed by atoms with E-state index in [1.54, 1.807) is 0 Å². The van der Waals surface area contributed by atoms with Crippen LogP contribution in [0.1, 0.15) is 37.3 Å². The van der Waals surface area contributed by atoms with Gasteiger partial charge in [-0.05, 0) is 55.4 Å². The lowest BCUT2D eigenvalue weighted by molar-refractivity contribution is -0.122. The standard InChI is InChI=1S/C22H23N3O2S/c1-2-19(27-18-13-12-15-8-6-7-11-17(15)14-18)20(26)23-22-25-24-21(28-22)16-9-4-3-5-10-16/h3-5,9-10,12-14,19H,2,6-8,11H2,1H3,(H,23,25,26)/t19-/m1/s1. The first kappa shape index (κ1) is 18.6. The van der Waals surface area contributed by atoms with Crippen molar-refractivity contribution in [3.63, 3.8) is 0 Å². The molecular formula is C22H23N3O2S. The Morgan fingerprint density at radius 1 is 1.11 bits per heavy atom. The fourth-order valence-corrected chi connectivity index (χ4v) is 4.18. The number of ether oxygens (including phenoxy) is 1. The maximum atomic E-state index is 12.7. The number of hydrogen-bond donors (Lipinski definition) is 1. The second-order valence-corrected chi connectivity index (χ2v) is 7.90. The van der Waals surface area contributed by atoms with Crippen LogP contribution in [0.15, 0.2) is 48.5 Å². The van der Waals surface area contributed by atoms with Crippen LogP contribution in [0.25, 0.3) is 10.6 Å². The number of aromatic nitrogens is 2. The summed E-state index contributed by atoms with van der Waals surface area (Å²) < 4.78 is 6.00. The van der Waals surface area contributed by atoms with E-state index in [0.717, 1.165) is 29.2 Å². The SMILES string of the molecule is CC[C@@H](Oc1ccc2c(c1)CCCC2)C(=O)Nc1nnc(-c2ccccc2)s1. The van der Waals surface area contributed by atoms with Gasteiger partial charge in [0.05, 0.1) is 0 Å². The van der Waals surface area contributed by atoms with E-state index in [2.05, 4.69) is 27.6 Å². The van der Waals surface area contributed by atoms with Crippen molar-refractivity contribution in [3.05, 3.63) is 59.7 Å². The van der Waals surface area contributed by atoms with Gasteiger partial charge < -0.3 is 4.74 Å². The van der Waals surface area contributed by atoms with Gasteiger partial charge in [-0.15, -0.1) is 10.2 Å². The van der Waals surface area contributed by atoms with Crippen molar-refractivity contribution in [2.24, 2.45) is 0 Å². The van der Waals surface area contributed by atoms with Gasteiger partial charge in [-0.2, -0.15) is 0 Å². The van der Waals surface area contributed by atoms with Crippen LogP contribution < -0.4 is 10.1 Å². The van der Waals surface area contributed by atoms with Gasteiger partial charge in [0.15, 0.2) is 6.10 Å². The van der Waals surface area contributed by atoms with Gasteiger partial charge in [-0.1, -0.05) is 54.7 Å². The van der Waals surface area contributed by atoms with Crippen LogP contribution in [-0.2, 0) is 17.6 Å². The molecule has 1 heterocycles. The Morgan fingerprint density at radius 2 is 1.89 bits per heavy atom. The lowest BCUT2D eigenvalue weighted by atomic mass is 9.92. The second kappa shape index (κ2) is 8.52. The lowest BCUT2D eigenvalue weighted by Crippen LogP contribution is -2.32. The largest absolute Gasteiger partial charge is 0.481 e. The minimum Gasteiger partial charge on any atom is -0.481 e. The lowest BCUT2D eigenvalue weighted by Gasteiger charge is -2.20. The summed E-state index contributed by atoms with van der Waals surface area (Å²) in [6.07, 6.45) is 4.70. The summed E-state index contributed by atoms with van der Waals surface area (Å²) in [5.74, 6) is 0.556. The molecular weight excluding hydrogens is 370 g/mol. The number of hydrogen-bond acceptors (Lipinski definition) is 5. The molecule has 0 unspecified atom stereocenters. The summed E-state index contributed by atoms with van der Waals surface area (Å²) in [7, 11) is 0. The van der Waals surface area contributed by atoms with E-state index < -0.39 is 6.10 Å². The first-order chi connectivity index (χ1) is 13.7. The zero-order chi connectivity index (χ0) is 19.3. The number of rotatable bonds is 6. The molecule has 1 atom stereocenters. The minimum atomic E-state index is -0.564. The van der Waals surface area contributed by atoms with Crippen molar-refractivity contribution in [1.82, 2.24) is 10.2 Å². The minimum absolute atomic E-state index is 0.198. The summed E-state index contributed by atoms with van der Waals surface area (Å²) >= 11 is 1.36. The van der Waals surface area contributed by atoms with Crippen molar-refractivity contribution < 1.29 is 9.53 Å². The summed E-state index contributed by atoms with van der Waals surface area (Å²) in [6, 6.07) is 16.0. The number of aryl methyl sites for hydroxylation is 2. The normalized spacial score (nSPS) is 14.2. The average Bonchev–Trinajstić information content (AvgIpc) is 3.21. The molecule has 5 nitrogen and oxygen atoms in total. The molecule has 4 rings (SSSR count). The molecule has 0 saturated heterocycles. The highest BCUT2D eigenvalue weighted by atomic mass is 32.1. The molecule has 3 aromatic rings. The van der Waals surface area contributed by atoms with Crippen LogP contribution in [0.2, 0.25) is 0 Å². The predicted octanol–water partition coefficient (Wildman–Crippen LogP) is 4.88. The van der Waals surface area contributed by atoms with Gasteiger partial charge in [0.2, 0.25) is 5.13 Å². The van der Waals surface area contributed by atoms with Gasteiger partial charge >= 0.3 is 0 Å². The van der Waals surface area contributed by atoms with E-state index in [0.29, 0.717) is 11.6 Å². The first-order valence-corrected chi connectivity index (χ1v) is 10.5. The fraction of sp³-hybridized carbons (Fsp3) is 0.318. The van der Waals surface area contributed by atoms with Crippen LogP contribution in [0, 0.1) is 0 Å². The maximum Gasteiger partial charge on any atom is 0.267 e. The highest BCUT2D eigenvalue weighted by Gasteiger charge is 2.21. The zero-order valence-electron chi connectivity index (χ0n) is 15.9. The second-order valence-electron chi connectivity index (χ2n) is 6.92. The molecule has 2 aromatic carbocycles. The Labute approximate surface area is 168 Å². The predicted molar refractivity (Wildman–Crippen MR) is 112 cm³/mol. The van der Waals surface area contributed by atoms with Gasteiger partial charge in [0.25, 0.3) is 5.91 Å². The van der Waals surface area contributed by atoms with Crippen LogP contribution in [0.5, 0.6) is 5.75 Å². The molecule has 1 aliphatic rings. The Balaban J connectivity index is 1.42. The molecule has 0 bridgehead atoms. The molecule has 1 N–H and O–H groups in total. The molecule has 0 spiro atoms. The van der Waals surface area contributed by atoms with E-state index in [9.17, 15) is 4.79 Å². The van der Waals surface area contributed by atoms with E-state index in [1.807, 2.05) is 43.3 Å². The maximum absolute atomic E-state index is 12.7. The van der Waals surface area contributed by atoms with E-state index in [1.165, 1.54) is 35.3 Å². The zero-order valence-corrected chi connectivity index (χ0v) is 16.7. The molecule has 1 amide bonds. The molecule has 144 valence electrons. The Bertz CT molecular complexity index is 955. The summed E-state index contributed by atoms with van der Waals surface area (Å²) in [5.41, 5.74) is 3.73. The van der Waals surface area contributed by atoms with Crippen molar-refractivity contribution in [3.8, 4) is 16.3 Å². The van der Waals surface area contributed by atoms with Crippen molar-refractivity contribution in [1.29, 1.82) is 0 Å². The monoisotopic (exact) mass is 393 g/mol. The number of fused-ring (bicyclic) bond motifs is 1. The van der Waals surface area contributed by atoms with Crippen LogP contribution in [0.4, 0.5) is 5.13 Å². The van der Waals surface area contributed by atoms with E-state index >= 15 is 0 Å². The molecule has 0 radical (unpaired) electrons. The van der Waals surface area contributed by atoms with Gasteiger partial charge in [0.1, 0.15) is 10.8 Å². The van der Waals surface area contributed by atoms with Crippen molar-refractivity contribution in [2.45, 2.75) is 45.1 Å². The van der Waals surface area contributed by atoms with Crippen LogP contribution >= 0.6 is 11.3 Å². The van der Waals surface area contributed by atoms with Gasteiger partial charge in [-0.3, -0.25) is 10.1 Å². The number of carbonyl (C=O) groups excluding carboxylic acids is 1. The molecule has 28 heavy (non-hydrogen) atoms. The number of nitrogens with zero attached hydrogens (tertiary/aromatic N) is 2. The van der Waals surface area contributed by atoms with Gasteiger partial charge in [-0.25, -0.2) is 0 Å². The molecule has 0 aliphatic heterocycles. The number of benzene rings is 2. The first-order valence-electron chi connectivity index (χ1n) is 9.71. The topological polar surface area (TPSA) is 64.1 Å². The fourth-order valence-electron chi connectivity index (χ4n) is 3.43. The summed E-state index contributed by atoms with van der Waals surface area (Å²) in [4.78, 5) is 12.7. The van der Waals surface area contributed by atoms with Crippen molar-refractivity contribution in [2.75, 3.05) is 5.32 Å². The highest BCUT2D eigenvalue weighted by Crippen LogP contribution is 2.28. The quantitative estimate of drug-likeness (QED) is 0.648. The number of anilines is 1. The summed E-state index contributed by atoms with van der Waals surface area (Å²) in [5, 5.41) is 12.4.